The van der Waals surface area contributed by atoms with E-state index in [1.807, 2.05) is 0 Å². The van der Waals surface area contributed by atoms with Crippen molar-refractivity contribution in [1.29, 1.82) is 0 Å². The quantitative estimate of drug-likeness (QED) is 0.622. The molecule has 0 fully saturated rings. The minimum atomic E-state index is 0.300. The Morgan fingerprint density at radius 2 is 1.88 bits per heavy atom. The van der Waals surface area contributed by atoms with Crippen LogP contribution < -0.4 is 10.5 Å². The van der Waals surface area contributed by atoms with Crippen molar-refractivity contribution in [3.8, 4) is 5.75 Å². The van der Waals surface area contributed by atoms with Gasteiger partial charge in [0.1, 0.15) is 5.75 Å². The second-order valence-corrected chi connectivity index (χ2v) is 7.27. The van der Waals surface area contributed by atoms with E-state index in [9.17, 15) is 0 Å². The van der Waals surface area contributed by atoms with Gasteiger partial charge in [-0.05, 0) is 91.5 Å². The molecule has 3 nitrogen and oxygen atoms in total. The van der Waals surface area contributed by atoms with E-state index < -0.39 is 0 Å². The van der Waals surface area contributed by atoms with Gasteiger partial charge in [0.05, 0.1) is 0 Å². The van der Waals surface area contributed by atoms with Gasteiger partial charge in [0, 0.05) is 18.4 Å². The fourth-order valence-corrected chi connectivity index (χ4v) is 4.16. The summed E-state index contributed by atoms with van der Waals surface area (Å²) in [6, 6.07) is 8.51. The lowest BCUT2D eigenvalue weighted by atomic mass is 9.79. The molecule has 0 radical (unpaired) electrons. The number of methoxy groups -OCH3 is 1. The lowest BCUT2D eigenvalue weighted by Crippen LogP contribution is -2.14. The highest BCUT2D eigenvalue weighted by Crippen LogP contribution is 2.40. The maximum absolute atomic E-state index is 5.99. The van der Waals surface area contributed by atoms with Gasteiger partial charge in [-0.3, -0.25) is 0 Å². The van der Waals surface area contributed by atoms with Gasteiger partial charge in [-0.15, -0.1) is 0 Å². The van der Waals surface area contributed by atoms with E-state index >= 15 is 0 Å². The van der Waals surface area contributed by atoms with Crippen LogP contribution in [0, 0.1) is 13.8 Å². The number of nitrogen functional groups attached to an aromatic ring is 1. The first-order chi connectivity index (χ1) is 12.0. The van der Waals surface area contributed by atoms with E-state index in [1.165, 1.54) is 46.2 Å². The van der Waals surface area contributed by atoms with Gasteiger partial charge in [0.2, 0.25) is 0 Å². The maximum Gasteiger partial charge on any atom is 0.188 e. The van der Waals surface area contributed by atoms with Gasteiger partial charge in [0.15, 0.2) is 6.79 Å². The summed E-state index contributed by atoms with van der Waals surface area (Å²) in [4.78, 5) is 0. The van der Waals surface area contributed by atoms with Crippen molar-refractivity contribution in [2.24, 2.45) is 0 Å². The van der Waals surface area contributed by atoms with E-state index in [2.05, 4.69) is 45.0 Å². The molecule has 134 valence electrons. The Labute approximate surface area is 151 Å². The number of hydrogen-bond acceptors (Lipinski definition) is 3. The summed E-state index contributed by atoms with van der Waals surface area (Å²) in [5.74, 6) is 1.52. The van der Waals surface area contributed by atoms with Crippen molar-refractivity contribution in [3.63, 3.8) is 0 Å². The van der Waals surface area contributed by atoms with Crippen molar-refractivity contribution in [2.45, 2.75) is 52.4 Å². The van der Waals surface area contributed by atoms with E-state index in [0.717, 1.165) is 24.3 Å². The first-order valence-electron chi connectivity index (χ1n) is 9.13. The summed E-state index contributed by atoms with van der Waals surface area (Å²) in [7, 11) is 1.66. The fraction of sp³-hybridized carbons (Fsp3) is 0.455. The van der Waals surface area contributed by atoms with Crippen molar-refractivity contribution in [1.82, 2.24) is 0 Å². The van der Waals surface area contributed by atoms with Gasteiger partial charge in [-0.25, -0.2) is 0 Å². The van der Waals surface area contributed by atoms with Crippen LogP contribution in [0.1, 0.15) is 59.1 Å². The smallest absolute Gasteiger partial charge is 0.188 e. The summed E-state index contributed by atoms with van der Waals surface area (Å²) in [6.45, 7) is 6.92. The SMILES string of the molecule is COCOc1ccc(Cc2c(C)cc(N)cc2C)c2c1[C@H](C)CCC2. The van der Waals surface area contributed by atoms with Gasteiger partial charge in [-0.1, -0.05) is 13.0 Å². The molecule has 1 atom stereocenters. The van der Waals surface area contributed by atoms with Crippen LogP contribution in [0.2, 0.25) is 0 Å². The molecule has 0 heterocycles. The molecule has 0 aromatic heterocycles. The predicted octanol–water partition coefficient (Wildman–Crippen LogP) is 4.90. The van der Waals surface area contributed by atoms with Gasteiger partial charge < -0.3 is 15.2 Å². The Morgan fingerprint density at radius 3 is 2.56 bits per heavy atom. The molecule has 2 aromatic carbocycles. The van der Waals surface area contributed by atoms with E-state index in [4.69, 9.17) is 15.2 Å². The van der Waals surface area contributed by atoms with Crippen molar-refractivity contribution in [2.75, 3.05) is 19.6 Å². The molecule has 1 aliphatic rings. The van der Waals surface area contributed by atoms with E-state index in [1.54, 1.807) is 7.11 Å². The number of nitrogens with two attached hydrogens (primary N) is 1. The summed E-state index contributed by atoms with van der Waals surface area (Å²) in [6.07, 6.45) is 4.55. The number of ether oxygens (including phenoxy) is 2. The summed E-state index contributed by atoms with van der Waals surface area (Å²) < 4.78 is 11.0. The molecule has 3 heteroatoms. The topological polar surface area (TPSA) is 44.5 Å². The molecule has 2 aromatic rings. The van der Waals surface area contributed by atoms with Crippen molar-refractivity contribution < 1.29 is 9.47 Å². The Balaban J connectivity index is 2.02. The number of fused-ring (bicyclic) bond motifs is 1. The van der Waals surface area contributed by atoms with Crippen LogP contribution in [0.4, 0.5) is 5.69 Å². The zero-order valence-corrected chi connectivity index (χ0v) is 15.8. The summed E-state index contributed by atoms with van der Waals surface area (Å²) in [5, 5.41) is 0. The third-order valence-corrected chi connectivity index (χ3v) is 5.39. The van der Waals surface area contributed by atoms with Crippen LogP contribution in [0.5, 0.6) is 5.75 Å². The normalized spacial score (nSPS) is 16.6. The molecular formula is C22H29NO2. The minimum absolute atomic E-state index is 0.300. The summed E-state index contributed by atoms with van der Waals surface area (Å²) in [5.41, 5.74) is 15.0. The summed E-state index contributed by atoms with van der Waals surface area (Å²) >= 11 is 0. The third-order valence-electron chi connectivity index (χ3n) is 5.39. The molecule has 0 spiro atoms. The molecule has 1 aliphatic carbocycles. The molecule has 25 heavy (non-hydrogen) atoms. The van der Waals surface area contributed by atoms with Gasteiger partial charge in [0.25, 0.3) is 0 Å². The fourth-order valence-electron chi connectivity index (χ4n) is 4.16. The second-order valence-electron chi connectivity index (χ2n) is 7.27. The zero-order chi connectivity index (χ0) is 18.0. The Bertz CT molecular complexity index is 744. The van der Waals surface area contributed by atoms with Crippen molar-refractivity contribution in [3.05, 3.63) is 57.6 Å². The number of aryl methyl sites for hydroxylation is 2. The largest absolute Gasteiger partial charge is 0.467 e. The van der Waals surface area contributed by atoms with Crippen LogP contribution in [0.15, 0.2) is 24.3 Å². The molecule has 3 rings (SSSR count). The Kier molecular flexibility index (Phi) is 5.33. The molecule has 0 unspecified atom stereocenters. The van der Waals surface area contributed by atoms with E-state index in [-0.39, 0.29) is 0 Å². The Hall–Kier alpha value is -2.00. The monoisotopic (exact) mass is 339 g/mol. The van der Waals surface area contributed by atoms with Crippen LogP contribution in [0.3, 0.4) is 0 Å². The molecule has 0 amide bonds. The van der Waals surface area contributed by atoms with E-state index in [0.29, 0.717) is 12.7 Å². The van der Waals surface area contributed by atoms with Gasteiger partial charge >= 0.3 is 0 Å². The number of anilines is 1. The molecule has 0 saturated carbocycles. The highest BCUT2D eigenvalue weighted by Gasteiger charge is 2.24. The third kappa shape index (κ3) is 3.67. The average molecular weight is 339 g/mol. The predicted molar refractivity (Wildman–Crippen MR) is 103 cm³/mol. The Morgan fingerprint density at radius 1 is 1.16 bits per heavy atom. The molecule has 0 aliphatic heterocycles. The van der Waals surface area contributed by atoms with Gasteiger partial charge in [-0.2, -0.15) is 0 Å². The highest BCUT2D eigenvalue weighted by atomic mass is 16.7. The minimum Gasteiger partial charge on any atom is -0.467 e. The van der Waals surface area contributed by atoms with Crippen LogP contribution in [0.25, 0.3) is 0 Å². The second kappa shape index (κ2) is 7.49. The molecule has 2 N–H and O–H groups in total. The highest BCUT2D eigenvalue weighted by molar-refractivity contribution is 5.53. The number of benzene rings is 2. The van der Waals surface area contributed by atoms with Crippen LogP contribution in [-0.4, -0.2) is 13.9 Å². The molecular weight excluding hydrogens is 310 g/mol. The standard InChI is InChI=1S/C22H29NO2/c1-14-6-5-7-19-17(8-9-21(22(14)19)25-13-24-4)12-20-15(2)10-18(23)11-16(20)3/h8-11,14H,5-7,12-13,23H2,1-4H3/t14-/m1/s1. The first kappa shape index (κ1) is 17.8. The van der Waals surface area contributed by atoms with Crippen molar-refractivity contribution >= 4 is 5.69 Å². The maximum atomic E-state index is 5.99. The lowest BCUT2D eigenvalue weighted by Gasteiger charge is -2.28. The average Bonchev–Trinajstić information content (AvgIpc) is 2.57. The first-order valence-corrected chi connectivity index (χ1v) is 9.13. The zero-order valence-electron chi connectivity index (χ0n) is 15.8. The molecule has 0 bridgehead atoms. The van der Waals surface area contributed by atoms with Crippen LogP contribution in [-0.2, 0) is 17.6 Å². The molecule has 0 saturated heterocycles. The lowest BCUT2D eigenvalue weighted by molar-refractivity contribution is 0.0500. The number of rotatable bonds is 5. The number of hydrogen-bond donors (Lipinski definition) is 1. The van der Waals surface area contributed by atoms with Crippen LogP contribution >= 0.6 is 0 Å².